The van der Waals surface area contributed by atoms with E-state index in [1.807, 2.05) is 61.2 Å². The molecule has 1 aromatic rings. The van der Waals surface area contributed by atoms with Crippen LogP contribution < -0.4 is 5.32 Å². The van der Waals surface area contributed by atoms with E-state index in [2.05, 4.69) is 42.0 Å². The van der Waals surface area contributed by atoms with E-state index in [0.717, 1.165) is 0 Å². The van der Waals surface area contributed by atoms with Crippen LogP contribution in [0.15, 0.2) is 53.0 Å². The maximum absolute atomic E-state index is 15.2. The molecule has 4 aliphatic rings. The molecule has 11 nitrogen and oxygen atoms in total. The minimum absolute atomic E-state index is 0.0518. The first-order valence-corrected chi connectivity index (χ1v) is 18.4. The summed E-state index contributed by atoms with van der Waals surface area (Å²) in [5.41, 5.74) is -1.53. The smallest absolute Gasteiger partial charge is 0.313 e. The summed E-state index contributed by atoms with van der Waals surface area (Å²) in [4.78, 5) is 61.0. The SMILES string of the molecule is COC[C@H]1NC(=O)CC/C=C\CN(C(C)(C)CC(C)(C)C)C(=O)[C@@H]2N(CCCCO)C(=O)[C@H]3[C@H](C(=O)O[C@@H]1c1ccccc1)[C@H]1O[C@@]23C=C1Br. The predicted molar refractivity (Wildman–Crippen MR) is 191 cm³/mol. The lowest BCUT2D eigenvalue weighted by atomic mass is 9.74. The monoisotopic (exact) mass is 757 g/mol. The van der Waals surface area contributed by atoms with Crippen molar-refractivity contribution in [2.45, 2.75) is 102 Å². The molecule has 1 spiro atoms. The third-order valence-corrected chi connectivity index (χ3v) is 10.8. The van der Waals surface area contributed by atoms with Crippen molar-refractivity contribution in [3.63, 3.8) is 0 Å². The van der Waals surface area contributed by atoms with Gasteiger partial charge in [0.05, 0.1) is 18.6 Å². The Morgan fingerprint density at radius 3 is 2.40 bits per heavy atom. The van der Waals surface area contributed by atoms with Gasteiger partial charge in [0.15, 0.2) is 0 Å². The number of aliphatic hydroxyl groups is 1. The Bertz CT molecular complexity index is 1490. The molecule has 4 aliphatic heterocycles. The summed E-state index contributed by atoms with van der Waals surface area (Å²) in [7, 11) is 1.52. The van der Waals surface area contributed by atoms with Crippen LogP contribution in [0.5, 0.6) is 0 Å². The Labute approximate surface area is 303 Å². The van der Waals surface area contributed by atoms with E-state index in [9.17, 15) is 19.5 Å². The second-order valence-corrected chi connectivity index (χ2v) is 16.6. The Balaban J connectivity index is 1.64. The number of aliphatic hydroxyl groups excluding tert-OH is 1. The molecule has 5 bridgehead atoms. The first-order valence-electron chi connectivity index (χ1n) is 17.6. The normalized spacial score (nSPS) is 31.4. The van der Waals surface area contributed by atoms with Crippen LogP contribution in [0.2, 0.25) is 0 Å². The van der Waals surface area contributed by atoms with Gasteiger partial charge in [-0.25, -0.2) is 0 Å². The zero-order chi connectivity index (χ0) is 36.4. The number of methoxy groups -OCH3 is 1. The van der Waals surface area contributed by atoms with Gasteiger partial charge < -0.3 is 34.4 Å². The van der Waals surface area contributed by atoms with Crippen molar-refractivity contribution < 1.29 is 38.5 Å². The fraction of sp³-hybridized carbons (Fsp3) is 0.632. The van der Waals surface area contributed by atoms with Crippen molar-refractivity contribution in [2.75, 3.05) is 33.4 Å². The third kappa shape index (κ3) is 7.59. The number of hydrogen-bond acceptors (Lipinski definition) is 8. The molecule has 0 aromatic heterocycles. The zero-order valence-electron chi connectivity index (χ0n) is 30.0. The minimum Gasteiger partial charge on any atom is -0.455 e. The lowest BCUT2D eigenvalue weighted by molar-refractivity contribution is -0.162. The van der Waals surface area contributed by atoms with Crippen LogP contribution in [0.3, 0.4) is 0 Å². The molecule has 2 fully saturated rings. The highest BCUT2D eigenvalue weighted by Gasteiger charge is 2.75. The van der Waals surface area contributed by atoms with Crippen LogP contribution in [0, 0.1) is 17.3 Å². The Hall–Kier alpha value is -3.06. The molecule has 2 N–H and O–H groups in total. The molecule has 3 amide bonds. The lowest BCUT2D eigenvalue weighted by Crippen LogP contribution is -2.60. The van der Waals surface area contributed by atoms with Gasteiger partial charge in [-0.15, -0.1) is 0 Å². The number of benzene rings is 1. The molecule has 5 rings (SSSR count). The summed E-state index contributed by atoms with van der Waals surface area (Å²) < 4.78 is 19.1. The number of esters is 1. The summed E-state index contributed by atoms with van der Waals surface area (Å²) in [5.74, 6) is -3.61. The minimum atomic E-state index is -1.42. The van der Waals surface area contributed by atoms with E-state index >= 15 is 4.79 Å². The molecule has 274 valence electrons. The molecule has 50 heavy (non-hydrogen) atoms. The van der Waals surface area contributed by atoms with Gasteiger partial charge in [-0.3, -0.25) is 19.2 Å². The fourth-order valence-corrected chi connectivity index (χ4v) is 9.22. The number of carbonyl (C=O) groups is 4. The number of ether oxygens (including phenoxy) is 3. The number of unbranched alkanes of at least 4 members (excludes halogenated alkanes) is 1. The van der Waals surface area contributed by atoms with Crippen LogP contribution in [-0.2, 0) is 33.4 Å². The first kappa shape index (κ1) is 38.2. The van der Waals surface area contributed by atoms with Crippen LogP contribution >= 0.6 is 15.9 Å². The summed E-state index contributed by atoms with van der Waals surface area (Å²) in [6.45, 7) is 10.9. The quantitative estimate of drug-likeness (QED) is 0.215. The number of nitrogens with zero attached hydrogens (tertiary/aromatic N) is 2. The van der Waals surface area contributed by atoms with Crippen molar-refractivity contribution in [1.82, 2.24) is 15.1 Å². The van der Waals surface area contributed by atoms with Crippen LogP contribution in [0.25, 0.3) is 0 Å². The number of rotatable bonds is 9. The van der Waals surface area contributed by atoms with Crippen molar-refractivity contribution in [2.24, 2.45) is 17.3 Å². The number of cyclic esters (lactones) is 1. The number of allylic oxidation sites excluding steroid dienone is 1. The van der Waals surface area contributed by atoms with Crippen molar-refractivity contribution in [3.8, 4) is 0 Å². The highest BCUT2D eigenvalue weighted by molar-refractivity contribution is 9.11. The molecular formula is C38H52BrN3O8. The molecular weight excluding hydrogens is 706 g/mol. The maximum atomic E-state index is 15.2. The predicted octanol–water partition coefficient (Wildman–Crippen LogP) is 4.44. The Kier molecular flexibility index (Phi) is 11.7. The molecule has 0 radical (unpaired) electrons. The number of carbonyl (C=O) groups excluding carboxylic acids is 4. The number of fused-ring (bicyclic) bond motifs is 2. The van der Waals surface area contributed by atoms with Gasteiger partial charge in [0.2, 0.25) is 17.7 Å². The molecule has 12 heteroatoms. The van der Waals surface area contributed by atoms with Gasteiger partial charge in [-0.2, -0.15) is 0 Å². The molecule has 4 heterocycles. The van der Waals surface area contributed by atoms with Gasteiger partial charge in [0.25, 0.3) is 0 Å². The average molecular weight is 759 g/mol. The summed E-state index contributed by atoms with van der Waals surface area (Å²) in [5, 5.41) is 12.6. The van der Waals surface area contributed by atoms with E-state index in [1.165, 1.54) is 7.11 Å². The Morgan fingerprint density at radius 1 is 1.02 bits per heavy atom. The number of likely N-dealkylation sites (tertiary alicyclic amines) is 1. The van der Waals surface area contributed by atoms with Crippen LogP contribution in [0.1, 0.15) is 78.4 Å². The zero-order valence-corrected chi connectivity index (χ0v) is 31.6. The van der Waals surface area contributed by atoms with Crippen LogP contribution in [-0.4, -0.2) is 101 Å². The summed E-state index contributed by atoms with van der Waals surface area (Å²) in [6.07, 6.45) is 6.03. The van der Waals surface area contributed by atoms with E-state index in [4.69, 9.17) is 14.2 Å². The highest BCUT2D eigenvalue weighted by Crippen LogP contribution is 2.59. The molecule has 0 aliphatic carbocycles. The second kappa shape index (κ2) is 15.3. The number of amides is 3. The second-order valence-electron chi connectivity index (χ2n) is 15.7. The maximum Gasteiger partial charge on any atom is 0.313 e. The highest BCUT2D eigenvalue weighted by atomic mass is 79.9. The fourth-order valence-electron chi connectivity index (χ4n) is 8.48. The Morgan fingerprint density at radius 2 is 1.74 bits per heavy atom. The standard InChI is InChI=1S/C38H52BrN3O8/c1-36(2,3)23-37(4,5)42-19-12-8-11-17-27(44)40-26(22-48-6)30(24-15-9-7-10-16-24)49-35(47)28-29-33(45)41(18-13-14-20-43)32(34(42)46)38(29)21-25(39)31(28)50-38/h7-10,12,15-16,21,26,28-32,43H,11,13-14,17-20,22-23H2,1-6H3,(H,40,44)/b12-8-/t26-,28+,29-,30-,31+,32+,38-/m1/s1. The number of halogens is 1. The van der Waals surface area contributed by atoms with E-state index < -0.39 is 53.2 Å². The largest absolute Gasteiger partial charge is 0.455 e. The van der Waals surface area contributed by atoms with Gasteiger partial charge in [0.1, 0.15) is 29.8 Å². The lowest BCUT2D eigenvalue weighted by Gasteiger charge is -2.45. The van der Waals surface area contributed by atoms with E-state index in [0.29, 0.717) is 35.7 Å². The molecule has 0 saturated carbocycles. The van der Waals surface area contributed by atoms with E-state index in [1.54, 1.807) is 11.0 Å². The number of hydrogen-bond donors (Lipinski definition) is 2. The average Bonchev–Trinajstić information content (AvgIpc) is 3.63. The van der Waals surface area contributed by atoms with Gasteiger partial charge in [-0.05, 0) is 56.6 Å². The van der Waals surface area contributed by atoms with E-state index in [-0.39, 0.29) is 55.9 Å². The van der Waals surface area contributed by atoms with Crippen molar-refractivity contribution in [1.29, 1.82) is 0 Å². The first-order chi connectivity index (χ1) is 23.6. The van der Waals surface area contributed by atoms with Gasteiger partial charge >= 0.3 is 5.97 Å². The van der Waals surface area contributed by atoms with Crippen molar-refractivity contribution in [3.05, 3.63) is 58.6 Å². The summed E-state index contributed by atoms with van der Waals surface area (Å²) >= 11 is 3.63. The van der Waals surface area contributed by atoms with Gasteiger partial charge in [-0.1, -0.05) is 79.2 Å². The molecule has 2 saturated heterocycles. The molecule has 0 unspecified atom stereocenters. The molecule has 1 aromatic carbocycles. The number of nitrogens with one attached hydrogen (secondary N) is 1. The molecule has 7 atom stereocenters. The topological polar surface area (TPSA) is 135 Å². The third-order valence-electron chi connectivity index (χ3n) is 10.1. The summed E-state index contributed by atoms with van der Waals surface area (Å²) in [6, 6.07) is 7.37. The van der Waals surface area contributed by atoms with Gasteiger partial charge in [0, 0.05) is 43.2 Å². The van der Waals surface area contributed by atoms with Crippen molar-refractivity contribution >= 4 is 39.6 Å². The van der Waals surface area contributed by atoms with Crippen LogP contribution in [0.4, 0.5) is 0 Å².